The molecule has 1 amide bonds. The lowest BCUT2D eigenvalue weighted by Crippen LogP contribution is -2.34. The summed E-state index contributed by atoms with van der Waals surface area (Å²) in [5, 5.41) is 15.4. The zero-order valence-corrected chi connectivity index (χ0v) is 12.9. The number of benzene rings is 2. The number of aryl methyl sites for hydroxylation is 1. The highest BCUT2D eigenvalue weighted by molar-refractivity contribution is 5.77. The molecule has 0 aromatic heterocycles. The van der Waals surface area contributed by atoms with Gasteiger partial charge in [-0.25, -0.2) is 4.39 Å². The van der Waals surface area contributed by atoms with Gasteiger partial charge in [0.25, 0.3) is 0 Å². The quantitative estimate of drug-likeness (QED) is 0.655. The van der Waals surface area contributed by atoms with E-state index in [-0.39, 0.29) is 24.8 Å². The van der Waals surface area contributed by atoms with Gasteiger partial charge in [-0.3, -0.25) is 4.79 Å². The molecule has 0 radical (unpaired) electrons. The summed E-state index contributed by atoms with van der Waals surface area (Å²) in [6, 6.07) is 13.6. The number of phenols is 1. The minimum absolute atomic E-state index is 0.171. The van der Waals surface area contributed by atoms with Gasteiger partial charge in [0.15, 0.2) is 0 Å². The summed E-state index contributed by atoms with van der Waals surface area (Å²) in [4.78, 5) is 11.7. The molecule has 0 spiro atoms. The Kier molecular flexibility index (Phi) is 6.56. The first-order valence-corrected chi connectivity index (χ1v) is 7.64. The monoisotopic (exact) mass is 316 g/mol. The van der Waals surface area contributed by atoms with E-state index in [1.165, 1.54) is 6.07 Å². The number of aromatic hydroxyl groups is 1. The molecule has 122 valence electrons. The van der Waals surface area contributed by atoms with Crippen molar-refractivity contribution in [3.8, 4) is 5.75 Å². The van der Waals surface area contributed by atoms with E-state index in [4.69, 9.17) is 0 Å². The van der Waals surface area contributed by atoms with Gasteiger partial charge in [0, 0.05) is 12.1 Å². The van der Waals surface area contributed by atoms with E-state index in [1.54, 1.807) is 30.3 Å². The van der Waals surface area contributed by atoms with Crippen LogP contribution in [0, 0.1) is 5.82 Å². The first-order valence-electron chi connectivity index (χ1n) is 7.64. The molecule has 0 bridgehead atoms. The predicted octanol–water partition coefficient (Wildman–Crippen LogP) is 2.37. The van der Waals surface area contributed by atoms with Crippen molar-refractivity contribution in [1.29, 1.82) is 0 Å². The fourth-order valence-electron chi connectivity index (χ4n) is 2.23. The number of carbonyl (C=O) groups excluding carboxylic acids is 1. The smallest absolute Gasteiger partial charge is 0.234 e. The van der Waals surface area contributed by atoms with Crippen molar-refractivity contribution < 1.29 is 14.3 Å². The van der Waals surface area contributed by atoms with E-state index in [0.717, 1.165) is 18.4 Å². The van der Waals surface area contributed by atoms with Crippen LogP contribution in [-0.2, 0) is 17.8 Å². The van der Waals surface area contributed by atoms with Gasteiger partial charge in [0.1, 0.15) is 11.6 Å². The molecule has 3 N–H and O–H groups in total. The number of halogens is 1. The topological polar surface area (TPSA) is 61.4 Å². The molecule has 0 unspecified atom stereocenters. The Labute approximate surface area is 135 Å². The average Bonchev–Trinajstić information content (AvgIpc) is 2.55. The molecule has 0 atom stereocenters. The highest BCUT2D eigenvalue weighted by Gasteiger charge is 2.04. The van der Waals surface area contributed by atoms with Gasteiger partial charge in [0.05, 0.1) is 6.54 Å². The Hall–Kier alpha value is -2.40. The summed E-state index contributed by atoms with van der Waals surface area (Å²) in [5.74, 6) is -0.186. The summed E-state index contributed by atoms with van der Waals surface area (Å²) < 4.78 is 13.4. The normalized spacial score (nSPS) is 10.5. The minimum atomic E-state index is -0.316. The number of para-hydroxylation sites is 1. The molecule has 2 rings (SSSR count). The van der Waals surface area contributed by atoms with E-state index < -0.39 is 0 Å². The molecule has 0 saturated heterocycles. The van der Waals surface area contributed by atoms with E-state index in [2.05, 4.69) is 10.6 Å². The molecule has 0 fully saturated rings. The van der Waals surface area contributed by atoms with Gasteiger partial charge in [0.2, 0.25) is 5.91 Å². The number of hydrogen-bond donors (Lipinski definition) is 3. The summed E-state index contributed by atoms with van der Waals surface area (Å²) in [5.41, 5.74) is 1.37. The summed E-state index contributed by atoms with van der Waals surface area (Å²) >= 11 is 0. The SMILES string of the molecule is O=C(CNCCCc1ccccc1O)NCc1ccccc1F. The molecule has 0 aliphatic carbocycles. The molecule has 0 aliphatic heterocycles. The largest absolute Gasteiger partial charge is 0.508 e. The minimum Gasteiger partial charge on any atom is -0.508 e. The second kappa shape index (κ2) is 8.90. The van der Waals surface area contributed by atoms with Crippen LogP contribution < -0.4 is 10.6 Å². The Morgan fingerprint density at radius 3 is 2.48 bits per heavy atom. The Morgan fingerprint density at radius 2 is 1.74 bits per heavy atom. The van der Waals surface area contributed by atoms with E-state index in [0.29, 0.717) is 17.9 Å². The van der Waals surface area contributed by atoms with Crippen molar-refractivity contribution >= 4 is 5.91 Å². The average molecular weight is 316 g/mol. The third kappa shape index (κ3) is 5.71. The van der Waals surface area contributed by atoms with Crippen LogP contribution >= 0.6 is 0 Å². The van der Waals surface area contributed by atoms with Gasteiger partial charge in [-0.15, -0.1) is 0 Å². The number of carbonyl (C=O) groups is 1. The molecular weight excluding hydrogens is 295 g/mol. The second-order valence-electron chi connectivity index (χ2n) is 5.28. The molecule has 4 nitrogen and oxygen atoms in total. The van der Waals surface area contributed by atoms with Gasteiger partial charge >= 0.3 is 0 Å². The van der Waals surface area contributed by atoms with Crippen molar-refractivity contribution in [2.75, 3.05) is 13.1 Å². The van der Waals surface area contributed by atoms with Crippen LogP contribution in [0.3, 0.4) is 0 Å². The van der Waals surface area contributed by atoms with Crippen LogP contribution in [0.2, 0.25) is 0 Å². The second-order valence-corrected chi connectivity index (χ2v) is 5.28. The summed E-state index contributed by atoms with van der Waals surface area (Å²) in [6.45, 7) is 1.04. The Bertz CT molecular complexity index is 646. The van der Waals surface area contributed by atoms with Gasteiger partial charge in [-0.05, 0) is 37.1 Å². The highest BCUT2D eigenvalue weighted by atomic mass is 19.1. The van der Waals surface area contributed by atoms with Crippen LogP contribution in [0.15, 0.2) is 48.5 Å². The number of nitrogens with one attached hydrogen (secondary N) is 2. The molecular formula is C18H21FN2O2. The van der Waals surface area contributed by atoms with Crippen LogP contribution in [-0.4, -0.2) is 24.1 Å². The van der Waals surface area contributed by atoms with Crippen molar-refractivity contribution in [2.24, 2.45) is 0 Å². The Balaban J connectivity index is 1.60. The van der Waals surface area contributed by atoms with E-state index >= 15 is 0 Å². The highest BCUT2D eigenvalue weighted by Crippen LogP contribution is 2.16. The summed E-state index contributed by atoms with van der Waals surface area (Å²) in [7, 11) is 0. The maximum absolute atomic E-state index is 13.4. The lowest BCUT2D eigenvalue weighted by Gasteiger charge is -2.08. The molecule has 0 heterocycles. The van der Waals surface area contributed by atoms with Crippen LogP contribution in [0.1, 0.15) is 17.5 Å². The fourth-order valence-corrected chi connectivity index (χ4v) is 2.23. The molecule has 5 heteroatoms. The Morgan fingerprint density at radius 1 is 1.04 bits per heavy atom. The zero-order valence-electron chi connectivity index (χ0n) is 12.9. The van der Waals surface area contributed by atoms with E-state index in [9.17, 15) is 14.3 Å². The number of rotatable bonds is 8. The number of phenolic OH excluding ortho intramolecular Hbond substituents is 1. The molecule has 0 saturated carbocycles. The molecule has 23 heavy (non-hydrogen) atoms. The summed E-state index contributed by atoms with van der Waals surface area (Å²) in [6.07, 6.45) is 1.56. The lowest BCUT2D eigenvalue weighted by molar-refractivity contribution is -0.120. The van der Waals surface area contributed by atoms with Crippen molar-refractivity contribution in [3.05, 3.63) is 65.5 Å². The van der Waals surface area contributed by atoms with Crippen molar-refractivity contribution in [1.82, 2.24) is 10.6 Å². The fraction of sp³-hybridized carbons (Fsp3) is 0.278. The molecule has 0 aliphatic rings. The zero-order chi connectivity index (χ0) is 16.5. The van der Waals surface area contributed by atoms with Crippen LogP contribution in [0.25, 0.3) is 0 Å². The first-order chi connectivity index (χ1) is 11.2. The molecule has 2 aromatic rings. The number of amides is 1. The van der Waals surface area contributed by atoms with Gasteiger partial charge < -0.3 is 15.7 Å². The molecule has 2 aromatic carbocycles. The van der Waals surface area contributed by atoms with Gasteiger partial charge in [-0.2, -0.15) is 0 Å². The maximum atomic E-state index is 13.4. The predicted molar refractivity (Wildman–Crippen MR) is 87.5 cm³/mol. The maximum Gasteiger partial charge on any atom is 0.234 e. The van der Waals surface area contributed by atoms with Crippen LogP contribution in [0.4, 0.5) is 4.39 Å². The van der Waals surface area contributed by atoms with Crippen molar-refractivity contribution in [2.45, 2.75) is 19.4 Å². The van der Waals surface area contributed by atoms with E-state index in [1.807, 2.05) is 12.1 Å². The third-order valence-corrected chi connectivity index (χ3v) is 3.51. The number of hydrogen-bond acceptors (Lipinski definition) is 3. The van der Waals surface area contributed by atoms with Crippen molar-refractivity contribution in [3.63, 3.8) is 0 Å². The van der Waals surface area contributed by atoms with Crippen LogP contribution in [0.5, 0.6) is 5.75 Å². The standard InChI is InChI=1S/C18H21FN2O2/c19-16-9-3-1-7-15(16)12-21-18(23)13-20-11-5-8-14-6-2-4-10-17(14)22/h1-4,6-7,9-10,20,22H,5,8,11-13H2,(H,21,23). The first kappa shape index (κ1) is 17.0. The third-order valence-electron chi connectivity index (χ3n) is 3.51. The lowest BCUT2D eigenvalue weighted by atomic mass is 10.1. The van der Waals surface area contributed by atoms with Gasteiger partial charge in [-0.1, -0.05) is 36.4 Å².